The van der Waals surface area contributed by atoms with E-state index in [1.165, 1.54) is 71.3 Å². The summed E-state index contributed by atoms with van der Waals surface area (Å²) in [5.41, 5.74) is 7.42. The number of para-hydroxylation sites is 3. The third-order valence-corrected chi connectivity index (χ3v) is 36.3. The van der Waals surface area contributed by atoms with Gasteiger partial charge in [0.15, 0.2) is 0 Å². The molecule has 10 aromatic rings. The molecule has 14 nitrogen and oxygen atoms in total. The van der Waals surface area contributed by atoms with Crippen molar-refractivity contribution in [3.05, 3.63) is 306 Å². The number of benzene rings is 10. The fraction of sp³-hybridized carbons (Fsp3) is 0.381. The van der Waals surface area contributed by atoms with Gasteiger partial charge in [0.05, 0.1) is 77.0 Å². The van der Waals surface area contributed by atoms with Gasteiger partial charge in [-0.15, -0.1) is 0 Å². The van der Waals surface area contributed by atoms with Gasteiger partial charge in [-0.05, 0) is 308 Å². The molecule has 10 atom stereocenters. The second-order valence-corrected chi connectivity index (χ2v) is 44.6. The van der Waals surface area contributed by atoms with E-state index in [1.807, 2.05) is 151 Å². The Morgan fingerprint density at radius 1 is 0.278 bits per heavy atom. The first-order valence-corrected chi connectivity index (χ1v) is 53.2. The summed E-state index contributed by atoms with van der Waals surface area (Å²) in [5.74, 6) is 23.4. The maximum atomic E-state index is 13.6. The Balaban J connectivity index is 0.000000153. The molecule has 10 aromatic carbocycles. The summed E-state index contributed by atoms with van der Waals surface area (Å²) in [7, 11) is -5.78. The summed E-state index contributed by atoms with van der Waals surface area (Å²) in [6, 6.07) is 83.7. The second kappa shape index (κ2) is 48.0. The zero-order valence-electron chi connectivity index (χ0n) is 74.7. The highest BCUT2D eigenvalue weighted by atomic mass is 32.2. The average Bonchev–Trinajstić information content (AvgIpc) is 0.809. The molecule has 15 rings (SSSR count). The highest BCUT2D eigenvalue weighted by Gasteiger charge is 2.35. The van der Waals surface area contributed by atoms with Gasteiger partial charge in [-0.25, -0.2) is 51.4 Å². The summed E-state index contributed by atoms with van der Waals surface area (Å²) < 4.78 is 126. The standard InChI is InChI=1S/C22H29NO3S.C22H29NO2S.C21H26FNO2S.C20H24FNOS.C20H25NOS/c1-25-20-13-15-21(16-14-20)27(3,24)23-17-7-6-9-19(23)12-11-18-8-4-5-10-22(18)26-2;1-18-11-15-21(16-12-18)26(3,24)23-17-7-6-9-20(23)14-13-19-8-4-5-10-22(19)25-2;1-25-21-9-4-3-7-17(21)10-13-19-8-5-6-16-23(19)26(2,24)20-14-11-18(22)12-15-20;1-24(23,20-14-11-18(21)12-15-20)22-16-6-5-9-19(22)13-10-17-7-3-2-4-8-17;1-23(22,20-13-6-3-7-14-20)21-17-9-8-12-19(21)16-15-18-10-4-2-5-11-18/h4-5,8,10,13-16,19H,3,6-7,9,11-12,17H2,1-2H3;4-5,8,10-12,15-16,20H,3,6-7,9,13-14,17H2,1-2H3;3-4,7,9,11-12,14-15,19H,2,5-6,8,10,13,16H2,1H3;2-4,7-8,11-12,14-15,19H,1,5-6,9-10,13,16H2;2-7,10-11,13-14,19H,1,8-9,12,15-17H2. The van der Waals surface area contributed by atoms with E-state index in [-0.39, 0.29) is 29.8 Å². The number of aryl methyl sites for hydroxylation is 6. The predicted octanol–water partition coefficient (Wildman–Crippen LogP) is 21.4. The molecule has 5 fully saturated rings. The SMILES string of the molecule is C=S(=O)(c1ccc(C)cc1)N1CCCCC1CCc1ccccc1OC.C=S(=O)(c1ccc(F)cc1)N1CCCCC1CCc1ccccc1.C=S(=O)(c1ccc(F)cc1)N1CCCCC1CCc1ccccc1OC.C=S(=O)(c1ccc(OC)cc1)N1CCCCC1CCc1ccccc1OC.C=S(=O)(c1ccccc1)N1CCCCC1CCc1ccccc1. The number of nitrogens with zero attached hydrogens (tertiary/aromatic N) is 5. The van der Waals surface area contributed by atoms with Crippen LogP contribution in [0.15, 0.2) is 285 Å². The Bertz CT molecular complexity index is 5450. The summed E-state index contributed by atoms with van der Waals surface area (Å²) >= 11 is 0. The molecule has 676 valence electrons. The Labute approximate surface area is 754 Å². The number of ether oxygens (including phenoxy) is 4. The minimum absolute atomic E-state index is 0.198. The van der Waals surface area contributed by atoms with E-state index >= 15 is 0 Å². The van der Waals surface area contributed by atoms with Crippen LogP contribution in [0.5, 0.6) is 23.0 Å². The molecule has 0 spiro atoms. The van der Waals surface area contributed by atoms with Gasteiger partial charge in [0.1, 0.15) is 34.6 Å². The third kappa shape index (κ3) is 26.9. The van der Waals surface area contributed by atoms with E-state index in [0.29, 0.717) is 21.9 Å². The van der Waals surface area contributed by atoms with Gasteiger partial charge in [-0.3, -0.25) is 0 Å². The molecule has 0 aliphatic carbocycles. The lowest BCUT2D eigenvalue weighted by molar-refractivity contribution is 0.250. The van der Waals surface area contributed by atoms with Crippen molar-refractivity contribution in [3.8, 4) is 23.0 Å². The van der Waals surface area contributed by atoms with E-state index in [4.69, 9.17) is 18.9 Å². The van der Waals surface area contributed by atoms with Crippen LogP contribution in [0.1, 0.15) is 162 Å². The minimum Gasteiger partial charge on any atom is -0.497 e. The van der Waals surface area contributed by atoms with Crippen LogP contribution in [-0.2, 0) is 80.6 Å². The second-order valence-electron chi connectivity index (χ2n) is 33.5. The first-order valence-electron chi connectivity index (χ1n) is 44.8. The fourth-order valence-corrected chi connectivity index (χ4v) is 27.8. The zero-order valence-corrected chi connectivity index (χ0v) is 78.8. The van der Waals surface area contributed by atoms with Gasteiger partial charge in [0.25, 0.3) is 0 Å². The summed E-state index contributed by atoms with van der Waals surface area (Å²) in [6.45, 7) is 6.16. The van der Waals surface area contributed by atoms with Crippen LogP contribution in [0.25, 0.3) is 0 Å². The fourth-order valence-electron chi connectivity index (χ4n) is 18.0. The molecule has 5 aliphatic rings. The van der Waals surface area contributed by atoms with Gasteiger partial charge < -0.3 is 18.9 Å². The maximum absolute atomic E-state index is 13.6. The van der Waals surface area contributed by atoms with Crippen molar-refractivity contribution in [3.63, 3.8) is 0 Å². The molecular weight excluding hydrogens is 1670 g/mol. The molecular formula is C105H133F2N5O9S5. The van der Waals surface area contributed by atoms with Gasteiger partial charge in [-0.2, -0.15) is 0 Å². The first kappa shape index (κ1) is 97.8. The van der Waals surface area contributed by atoms with Crippen molar-refractivity contribution in [2.75, 3.05) is 61.2 Å². The Kier molecular flexibility index (Phi) is 37.2. The normalized spacial score (nSPS) is 20.7. The smallest absolute Gasteiger partial charge is 0.123 e. The maximum Gasteiger partial charge on any atom is 0.123 e. The molecule has 5 saturated heterocycles. The molecule has 10 unspecified atom stereocenters. The molecule has 0 aromatic heterocycles. The van der Waals surface area contributed by atoms with Crippen LogP contribution in [0, 0.1) is 18.6 Å². The van der Waals surface area contributed by atoms with Crippen LogP contribution < -0.4 is 18.9 Å². The van der Waals surface area contributed by atoms with E-state index < -0.39 is 48.5 Å². The average molecular weight is 1810 g/mol. The Hall–Kier alpha value is -8.84. The number of rotatable bonds is 29. The number of hydrogen-bond acceptors (Lipinski definition) is 9. The van der Waals surface area contributed by atoms with Gasteiger partial charge in [0, 0.05) is 87.4 Å². The quantitative estimate of drug-likeness (QED) is 0.0419. The topological polar surface area (TPSA) is 138 Å². The van der Waals surface area contributed by atoms with Gasteiger partial charge in [0.2, 0.25) is 0 Å². The number of hydrogen-bond donors (Lipinski definition) is 0. The van der Waals surface area contributed by atoms with Crippen LogP contribution in [0.3, 0.4) is 0 Å². The largest absolute Gasteiger partial charge is 0.497 e. The van der Waals surface area contributed by atoms with Crippen molar-refractivity contribution in [1.82, 2.24) is 21.5 Å². The van der Waals surface area contributed by atoms with Crippen molar-refractivity contribution in [2.45, 2.75) is 222 Å². The van der Waals surface area contributed by atoms with Crippen molar-refractivity contribution < 1.29 is 48.8 Å². The Morgan fingerprint density at radius 3 is 0.778 bits per heavy atom. The van der Waals surface area contributed by atoms with E-state index in [1.54, 1.807) is 52.7 Å². The van der Waals surface area contributed by atoms with Crippen molar-refractivity contribution >= 4 is 77.9 Å². The van der Waals surface area contributed by atoms with Crippen LogP contribution >= 0.6 is 0 Å². The highest BCUT2D eigenvalue weighted by Crippen LogP contribution is 2.37. The third-order valence-electron chi connectivity index (χ3n) is 25.1. The summed E-state index contributed by atoms with van der Waals surface area (Å²) in [6.07, 6.45) is 26.0. The van der Waals surface area contributed by atoms with Gasteiger partial charge in [-0.1, -0.05) is 183 Å². The molecule has 0 bridgehead atoms. The number of piperidine rings is 5. The minimum atomic E-state index is -2.61. The van der Waals surface area contributed by atoms with E-state index in [0.717, 1.165) is 217 Å². The number of methoxy groups -OCH3 is 4. The zero-order chi connectivity index (χ0) is 89.5. The lowest BCUT2D eigenvalue weighted by Gasteiger charge is -2.38. The molecule has 0 radical (unpaired) electrons. The van der Waals surface area contributed by atoms with E-state index in [9.17, 15) is 29.8 Å². The van der Waals surface area contributed by atoms with Crippen molar-refractivity contribution in [1.29, 1.82) is 0 Å². The first-order chi connectivity index (χ1) is 60.8. The van der Waals surface area contributed by atoms with Crippen LogP contribution in [0.4, 0.5) is 8.78 Å². The van der Waals surface area contributed by atoms with Crippen LogP contribution in [0.2, 0.25) is 0 Å². The summed E-state index contributed by atoms with van der Waals surface area (Å²) in [5, 5.41) is 0. The lowest BCUT2D eigenvalue weighted by atomic mass is 9.97. The van der Waals surface area contributed by atoms with Crippen molar-refractivity contribution in [2.24, 2.45) is 0 Å². The van der Waals surface area contributed by atoms with Crippen LogP contribution in [-0.4, -0.2) is 163 Å². The molecule has 0 N–H and O–H groups in total. The lowest BCUT2D eigenvalue weighted by Crippen LogP contribution is -2.43. The molecule has 5 aliphatic heterocycles. The molecule has 0 amide bonds. The molecule has 0 saturated carbocycles. The molecule has 5 heterocycles. The number of halogens is 2. The van der Waals surface area contributed by atoms with E-state index in [2.05, 4.69) is 119 Å². The predicted molar refractivity (Wildman–Crippen MR) is 526 cm³/mol. The highest BCUT2D eigenvalue weighted by molar-refractivity contribution is 7.99. The molecule has 21 heteroatoms. The summed E-state index contributed by atoms with van der Waals surface area (Å²) in [4.78, 5) is 3.69. The monoisotopic (exact) mass is 1810 g/mol. The Morgan fingerprint density at radius 2 is 0.508 bits per heavy atom. The van der Waals surface area contributed by atoms with Gasteiger partial charge >= 0.3 is 0 Å². The molecule has 126 heavy (non-hydrogen) atoms.